The van der Waals surface area contributed by atoms with Gasteiger partial charge in [-0.1, -0.05) is 24.3 Å². The number of carbonyl (C=O) groups excluding carboxylic acids is 2. The largest absolute Gasteiger partial charge is 0.444 e. The van der Waals surface area contributed by atoms with Gasteiger partial charge in [-0.25, -0.2) is 4.98 Å². The molecule has 0 bridgehead atoms. The highest BCUT2D eigenvalue weighted by Crippen LogP contribution is 2.20. The molecule has 0 atom stereocenters. The Kier molecular flexibility index (Phi) is 5.76. The minimum absolute atomic E-state index is 0.139. The van der Waals surface area contributed by atoms with Crippen molar-refractivity contribution < 1.29 is 14.0 Å². The summed E-state index contributed by atoms with van der Waals surface area (Å²) >= 11 is 3.17. The van der Waals surface area contributed by atoms with E-state index in [0.717, 1.165) is 11.3 Å². The van der Waals surface area contributed by atoms with Crippen LogP contribution in [0.2, 0.25) is 0 Å². The van der Waals surface area contributed by atoms with Crippen LogP contribution in [0.1, 0.15) is 16.1 Å². The number of hydrogen-bond donors (Lipinski definition) is 2. The molecule has 8 heteroatoms. The van der Waals surface area contributed by atoms with Gasteiger partial charge in [0.05, 0.1) is 24.1 Å². The van der Waals surface area contributed by atoms with Crippen molar-refractivity contribution in [1.82, 2.24) is 9.55 Å². The van der Waals surface area contributed by atoms with Gasteiger partial charge in [0.1, 0.15) is 0 Å². The van der Waals surface area contributed by atoms with Crippen molar-refractivity contribution in [3.8, 4) is 5.69 Å². The summed E-state index contributed by atoms with van der Waals surface area (Å²) in [4.78, 5) is 28.7. The van der Waals surface area contributed by atoms with Gasteiger partial charge in [-0.2, -0.15) is 0 Å². The van der Waals surface area contributed by atoms with E-state index in [2.05, 4.69) is 31.5 Å². The Morgan fingerprint density at radius 3 is 2.50 bits per heavy atom. The lowest BCUT2D eigenvalue weighted by molar-refractivity contribution is -0.115. The van der Waals surface area contributed by atoms with Crippen LogP contribution in [0.4, 0.5) is 11.4 Å². The zero-order chi connectivity index (χ0) is 20.9. The number of anilines is 2. The van der Waals surface area contributed by atoms with Crippen LogP contribution < -0.4 is 10.6 Å². The van der Waals surface area contributed by atoms with Crippen LogP contribution in [0, 0.1) is 0 Å². The molecule has 0 saturated heterocycles. The first kappa shape index (κ1) is 19.7. The molecular weight excluding hydrogens is 448 g/mol. The molecule has 30 heavy (non-hydrogen) atoms. The molecule has 2 aromatic carbocycles. The van der Waals surface area contributed by atoms with Gasteiger partial charge >= 0.3 is 0 Å². The fourth-order valence-electron chi connectivity index (χ4n) is 2.92. The molecule has 2 aromatic heterocycles. The second-order valence-corrected chi connectivity index (χ2v) is 7.25. The molecule has 0 aliphatic rings. The topological polar surface area (TPSA) is 89.2 Å². The number of furan rings is 1. The third-order valence-electron chi connectivity index (χ3n) is 4.33. The van der Waals surface area contributed by atoms with Crippen LogP contribution in [-0.4, -0.2) is 21.4 Å². The Morgan fingerprint density at radius 2 is 1.80 bits per heavy atom. The van der Waals surface area contributed by atoms with Gasteiger partial charge in [0, 0.05) is 18.1 Å². The summed E-state index contributed by atoms with van der Waals surface area (Å²) in [5, 5.41) is 5.70. The number of nitrogens with zero attached hydrogens (tertiary/aromatic N) is 2. The van der Waals surface area contributed by atoms with Crippen molar-refractivity contribution in [2.24, 2.45) is 0 Å². The van der Waals surface area contributed by atoms with Crippen molar-refractivity contribution in [2.75, 3.05) is 10.6 Å². The zero-order valence-electron chi connectivity index (χ0n) is 15.7. The molecule has 0 spiro atoms. The van der Waals surface area contributed by atoms with Crippen LogP contribution in [-0.2, 0) is 11.2 Å². The van der Waals surface area contributed by atoms with Crippen molar-refractivity contribution >= 4 is 39.1 Å². The molecule has 4 rings (SSSR count). The van der Waals surface area contributed by atoms with Crippen LogP contribution in [0.3, 0.4) is 0 Å². The molecule has 4 aromatic rings. The second-order valence-electron chi connectivity index (χ2n) is 6.47. The number of rotatable bonds is 6. The molecule has 0 fully saturated rings. The fraction of sp³-hybridized carbons (Fsp3) is 0.0455. The van der Waals surface area contributed by atoms with E-state index in [-0.39, 0.29) is 24.0 Å². The first-order valence-electron chi connectivity index (χ1n) is 9.11. The number of para-hydroxylation sites is 2. The molecule has 0 unspecified atom stereocenters. The van der Waals surface area contributed by atoms with Crippen molar-refractivity contribution in [2.45, 2.75) is 6.42 Å². The standard InChI is InChI=1S/C22H17BrN4O3/c23-20-10-9-19(30-20)22(29)25-16-7-5-15(6-8-16)13-21(28)26-17-3-1-2-4-18(17)27-12-11-24-14-27/h1-12,14H,13H2,(H,25,29)(H,26,28). The highest BCUT2D eigenvalue weighted by atomic mass is 79.9. The van der Waals surface area contributed by atoms with E-state index in [0.29, 0.717) is 16.0 Å². The van der Waals surface area contributed by atoms with Crippen molar-refractivity contribution in [1.29, 1.82) is 0 Å². The first-order valence-corrected chi connectivity index (χ1v) is 9.90. The first-order chi connectivity index (χ1) is 14.6. The van der Waals surface area contributed by atoms with Gasteiger partial charge in [0.2, 0.25) is 5.91 Å². The minimum Gasteiger partial charge on any atom is -0.444 e. The van der Waals surface area contributed by atoms with Gasteiger partial charge in [-0.05, 0) is 57.9 Å². The highest BCUT2D eigenvalue weighted by Gasteiger charge is 2.12. The molecular formula is C22H17BrN4O3. The average molecular weight is 465 g/mol. The summed E-state index contributed by atoms with van der Waals surface area (Å²) in [5.41, 5.74) is 2.98. The quantitative estimate of drug-likeness (QED) is 0.434. The smallest absolute Gasteiger partial charge is 0.291 e. The number of halogens is 1. The predicted molar refractivity (Wildman–Crippen MR) is 117 cm³/mol. The van der Waals surface area contributed by atoms with E-state index in [9.17, 15) is 9.59 Å². The van der Waals surface area contributed by atoms with Crippen LogP contribution >= 0.6 is 15.9 Å². The zero-order valence-corrected chi connectivity index (χ0v) is 17.3. The summed E-state index contributed by atoms with van der Waals surface area (Å²) in [5.74, 6) is -0.274. The summed E-state index contributed by atoms with van der Waals surface area (Å²) in [6, 6.07) is 17.9. The Morgan fingerprint density at radius 1 is 1.00 bits per heavy atom. The van der Waals surface area contributed by atoms with E-state index in [1.165, 1.54) is 0 Å². The van der Waals surface area contributed by atoms with E-state index in [1.807, 2.05) is 35.0 Å². The maximum absolute atomic E-state index is 12.5. The van der Waals surface area contributed by atoms with Gasteiger partial charge in [0.25, 0.3) is 5.91 Å². The summed E-state index contributed by atoms with van der Waals surface area (Å²) < 4.78 is 7.56. The normalized spacial score (nSPS) is 10.6. The third-order valence-corrected chi connectivity index (χ3v) is 4.76. The number of nitrogens with one attached hydrogen (secondary N) is 2. The molecule has 0 aliphatic carbocycles. The minimum atomic E-state index is -0.345. The van der Waals surface area contributed by atoms with Crippen molar-refractivity contribution in [3.05, 3.63) is 95.4 Å². The molecule has 0 aliphatic heterocycles. The number of aromatic nitrogens is 2. The Labute approximate surface area is 180 Å². The lowest BCUT2D eigenvalue weighted by Crippen LogP contribution is -2.16. The third kappa shape index (κ3) is 4.66. The molecule has 0 saturated carbocycles. The van der Waals surface area contributed by atoms with Gasteiger partial charge in [0.15, 0.2) is 10.4 Å². The van der Waals surface area contributed by atoms with Crippen LogP contribution in [0.5, 0.6) is 0 Å². The fourth-order valence-corrected chi connectivity index (χ4v) is 3.23. The number of imidazole rings is 1. The molecule has 0 radical (unpaired) electrons. The van der Waals surface area contributed by atoms with Gasteiger partial charge < -0.3 is 19.6 Å². The van der Waals surface area contributed by atoms with E-state index in [4.69, 9.17) is 4.42 Å². The molecule has 2 heterocycles. The average Bonchev–Trinajstić information content (AvgIpc) is 3.42. The summed E-state index contributed by atoms with van der Waals surface area (Å²) in [7, 11) is 0. The monoisotopic (exact) mass is 464 g/mol. The molecule has 2 amide bonds. The SMILES string of the molecule is O=C(Cc1ccc(NC(=O)c2ccc(Br)o2)cc1)Nc1ccccc1-n1ccnc1. The Balaban J connectivity index is 1.38. The van der Waals surface area contributed by atoms with Crippen LogP contribution in [0.25, 0.3) is 5.69 Å². The van der Waals surface area contributed by atoms with E-state index in [1.54, 1.807) is 48.9 Å². The second kappa shape index (κ2) is 8.79. The van der Waals surface area contributed by atoms with Crippen molar-refractivity contribution in [3.63, 3.8) is 0 Å². The maximum Gasteiger partial charge on any atom is 0.291 e. The van der Waals surface area contributed by atoms with Gasteiger partial charge in [-0.15, -0.1) is 0 Å². The summed E-state index contributed by atoms with van der Waals surface area (Å²) in [6.45, 7) is 0. The number of benzene rings is 2. The maximum atomic E-state index is 12.5. The number of amides is 2. The number of hydrogen-bond acceptors (Lipinski definition) is 4. The van der Waals surface area contributed by atoms with Gasteiger partial charge in [-0.3, -0.25) is 9.59 Å². The summed E-state index contributed by atoms with van der Waals surface area (Å²) in [6.07, 6.45) is 5.39. The lowest BCUT2D eigenvalue weighted by Gasteiger charge is -2.12. The highest BCUT2D eigenvalue weighted by molar-refractivity contribution is 9.10. The molecule has 150 valence electrons. The lowest BCUT2D eigenvalue weighted by atomic mass is 10.1. The number of carbonyl (C=O) groups is 2. The van der Waals surface area contributed by atoms with E-state index >= 15 is 0 Å². The van der Waals surface area contributed by atoms with E-state index < -0.39 is 0 Å². The molecule has 2 N–H and O–H groups in total. The molecule has 7 nitrogen and oxygen atoms in total. The Hall–Kier alpha value is -3.65. The van der Waals surface area contributed by atoms with Crippen LogP contribution in [0.15, 0.2) is 88.5 Å². The predicted octanol–water partition coefficient (Wildman–Crippen LogP) is 4.66. The Bertz CT molecular complexity index is 1170.